The fourth-order valence-electron chi connectivity index (χ4n) is 13.1. The van der Waals surface area contributed by atoms with Gasteiger partial charge in [-0.25, -0.2) is 55.9 Å². The highest BCUT2D eigenvalue weighted by molar-refractivity contribution is 7.23. The van der Waals surface area contributed by atoms with Crippen molar-refractivity contribution in [2.45, 2.75) is 95.9 Å². The highest BCUT2D eigenvalue weighted by Gasteiger charge is 2.55. The standard InChI is InChI=1S/C37H31F3N6O5S.C24H17F3N6OS/c1-37(2,3)51-35(47)44-34-20(11-41)27-19(9-10-23(38)32(27)52-34)26-21-15-49-16-22(21)28-31(30(26)40)42-17-43-33(28)45-12-25-29(39)24(45)13-46(25)36(48)50-14-18-7-5-4-6-8-18;25-13-2-1-9(17-10(3-28)23(29)35-22(13)17)16-11-6-34-7-12(11)18-21(20(16)27)31-8-32-24(18)33-5-14-19(26)15(33)4-30-14/h4-10,17,24-25,29H,12-16H2,1-3H3,(H,44,47);1-2,8,14-15,19,30H,4-7,29H2/t24-,25-,29+;14-,15-,19-/m00/s1. The summed E-state index contributed by atoms with van der Waals surface area (Å²) in [6, 6.07) is 16.3. The van der Waals surface area contributed by atoms with E-state index in [0.29, 0.717) is 57.8 Å². The number of carbonyl (C=O) groups is 2. The lowest BCUT2D eigenvalue weighted by atomic mass is 9.90. The number of hydrogen-bond acceptors (Lipinski definition) is 18. The number of anilines is 4. The van der Waals surface area contributed by atoms with E-state index in [9.17, 15) is 28.9 Å². The van der Waals surface area contributed by atoms with Gasteiger partial charge in [0.15, 0.2) is 11.6 Å². The van der Waals surface area contributed by atoms with Gasteiger partial charge < -0.3 is 39.8 Å². The number of benzene rings is 5. The Morgan fingerprint density at radius 2 is 1.28 bits per heavy atom. The number of amides is 2. The van der Waals surface area contributed by atoms with E-state index < -0.39 is 65.5 Å². The number of nitriles is 2. The molecular weight excluding hydrogens is 1170 g/mol. The lowest BCUT2D eigenvalue weighted by Gasteiger charge is -2.34. The quantitative estimate of drug-likeness (QED) is 0.126. The predicted molar refractivity (Wildman–Crippen MR) is 312 cm³/mol. The third kappa shape index (κ3) is 8.97. The second-order valence-corrected chi connectivity index (χ2v) is 24.9. The molecule has 4 aromatic heterocycles. The van der Waals surface area contributed by atoms with Crippen molar-refractivity contribution < 1.29 is 54.9 Å². The topological polar surface area (TPSA) is 230 Å². The minimum absolute atomic E-state index is 0.00140. The Morgan fingerprint density at radius 1 is 0.713 bits per heavy atom. The number of thiophene rings is 2. The molecule has 0 saturated carbocycles. The van der Waals surface area contributed by atoms with Gasteiger partial charge in [-0.15, -0.1) is 22.7 Å². The van der Waals surface area contributed by atoms with Crippen LogP contribution in [-0.2, 0) is 52.0 Å². The molecule has 26 heteroatoms. The van der Waals surface area contributed by atoms with E-state index in [-0.39, 0.29) is 127 Å². The molecule has 442 valence electrons. The van der Waals surface area contributed by atoms with Crippen molar-refractivity contribution in [2.24, 2.45) is 0 Å². The van der Waals surface area contributed by atoms with Gasteiger partial charge in [0.05, 0.1) is 81.9 Å². The Bertz CT molecular complexity index is 4500. The normalized spacial score (nSPS) is 20.7. The molecular formula is C61H48F6N12O6S2. The number of aromatic nitrogens is 4. The first-order chi connectivity index (χ1) is 41.9. The maximum atomic E-state index is 17.0. The Balaban J connectivity index is 0.000000165. The third-order valence-electron chi connectivity index (χ3n) is 16.8. The SMILES string of the molecule is CC(C)(C)OC(=O)Nc1sc2c(F)ccc(-c3c4c(c5c(N6C[C@H]7[C@H](F)[C@@H]6CN7C(=O)OCc6ccccc6)ncnc5c3F)COC4)c2c1C#N.N#Cc1c(N)sc2c(F)ccc(-c3c4c(c5c(N6C[C@@H]7NC[C@H]6[C@H]7F)ncnc5c3F)COC4)c12. The number of hydrogen-bond donors (Lipinski definition) is 3. The molecule has 0 unspecified atom stereocenters. The Labute approximate surface area is 498 Å². The van der Waals surface area contributed by atoms with Crippen molar-refractivity contribution in [3.63, 3.8) is 0 Å². The van der Waals surface area contributed by atoms with E-state index >= 15 is 17.6 Å². The molecule has 0 aliphatic carbocycles. The van der Waals surface area contributed by atoms with E-state index in [1.807, 2.05) is 41.3 Å². The molecule has 5 aromatic carbocycles. The molecule has 6 atom stereocenters. The van der Waals surface area contributed by atoms with Crippen molar-refractivity contribution in [3.8, 4) is 34.4 Å². The van der Waals surface area contributed by atoms with Crippen LogP contribution in [0, 0.1) is 45.9 Å². The van der Waals surface area contributed by atoms with Crippen molar-refractivity contribution >= 4 is 98.5 Å². The number of nitrogens with two attached hydrogens (primary N) is 1. The maximum absolute atomic E-state index is 17.0. The van der Waals surface area contributed by atoms with E-state index in [4.69, 9.17) is 24.7 Å². The van der Waals surface area contributed by atoms with Crippen LogP contribution in [0.4, 0.5) is 57.6 Å². The summed E-state index contributed by atoms with van der Waals surface area (Å²) in [6.07, 6.45) is -1.39. The van der Waals surface area contributed by atoms with Crippen LogP contribution >= 0.6 is 22.7 Å². The summed E-state index contributed by atoms with van der Waals surface area (Å²) in [6.45, 7) is 6.58. The molecule has 4 bridgehead atoms. The first-order valence-electron chi connectivity index (χ1n) is 27.6. The van der Waals surface area contributed by atoms with Crippen LogP contribution in [0.25, 0.3) is 64.2 Å². The number of piperazine rings is 2. The minimum atomic E-state index is -1.40. The summed E-state index contributed by atoms with van der Waals surface area (Å²) < 4.78 is 117. The van der Waals surface area contributed by atoms with Gasteiger partial charge in [-0.3, -0.25) is 10.2 Å². The summed E-state index contributed by atoms with van der Waals surface area (Å²) in [5.74, 6) is -1.75. The van der Waals surface area contributed by atoms with E-state index in [1.54, 1.807) is 25.7 Å². The van der Waals surface area contributed by atoms with E-state index in [0.717, 1.165) is 33.8 Å². The third-order valence-corrected chi connectivity index (χ3v) is 19.0. The highest BCUT2D eigenvalue weighted by Crippen LogP contribution is 2.51. The van der Waals surface area contributed by atoms with E-state index in [1.165, 1.54) is 41.8 Å². The van der Waals surface area contributed by atoms with Crippen LogP contribution in [-0.4, -0.2) is 105 Å². The number of nitrogens with one attached hydrogen (secondary N) is 2. The Morgan fingerprint density at radius 3 is 1.80 bits per heavy atom. The molecule has 18 nitrogen and oxygen atoms in total. The molecule has 4 fully saturated rings. The van der Waals surface area contributed by atoms with Crippen molar-refractivity contribution in [2.75, 3.05) is 47.0 Å². The maximum Gasteiger partial charge on any atom is 0.412 e. The molecule has 0 radical (unpaired) electrons. The van der Waals surface area contributed by atoms with Crippen LogP contribution in [0.5, 0.6) is 0 Å². The molecule has 9 aromatic rings. The molecule has 6 aliphatic heterocycles. The molecule has 4 saturated heterocycles. The van der Waals surface area contributed by atoms with Gasteiger partial charge in [0.2, 0.25) is 0 Å². The number of rotatable bonds is 7. The average molecular weight is 1220 g/mol. The lowest BCUT2D eigenvalue weighted by Crippen LogP contribution is -2.49. The van der Waals surface area contributed by atoms with Crippen LogP contribution in [0.15, 0.2) is 67.3 Å². The molecule has 15 rings (SSSR count). The van der Waals surface area contributed by atoms with Gasteiger partial charge in [0, 0.05) is 48.1 Å². The molecule has 4 N–H and O–H groups in total. The number of nitrogen functional groups attached to an aromatic ring is 1. The van der Waals surface area contributed by atoms with E-state index in [2.05, 4.69) is 36.6 Å². The molecule has 87 heavy (non-hydrogen) atoms. The summed E-state index contributed by atoms with van der Waals surface area (Å²) in [5.41, 5.74) is 9.29. The number of nitrogens with zero attached hydrogens (tertiary/aromatic N) is 9. The fourth-order valence-corrected chi connectivity index (χ4v) is 15.1. The molecule has 6 aliphatic rings. The minimum Gasteiger partial charge on any atom is -0.445 e. The largest absolute Gasteiger partial charge is 0.445 e. The number of carbonyl (C=O) groups excluding carboxylic acids is 2. The highest BCUT2D eigenvalue weighted by atomic mass is 32.1. The van der Waals surface area contributed by atoms with Crippen molar-refractivity contribution in [3.05, 3.63) is 129 Å². The smallest absolute Gasteiger partial charge is 0.412 e. The number of fused-ring (bicyclic) bond motifs is 12. The van der Waals surface area contributed by atoms with Gasteiger partial charge in [-0.05, 0) is 71.8 Å². The van der Waals surface area contributed by atoms with Crippen LogP contribution in [0.1, 0.15) is 59.7 Å². The average Bonchev–Trinajstić information content (AvgIpc) is 1.82. The lowest BCUT2D eigenvalue weighted by molar-refractivity contribution is 0.0636. The molecule has 2 amide bonds. The second-order valence-electron chi connectivity index (χ2n) is 22.8. The first-order valence-corrected chi connectivity index (χ1v) is 29.3. The zero-order chi connectivity index (χ0) is 60.5. The molecule has 0 spiro atoms. The summed E-state index contributed by atoms with van der Waals surface area (Å²) in [4.78, 5) is 48.2. The summed E-state index contributed by atoms with van der Waals surface area (Å²) >= 11 is 1.80. The summed E-state index contributed by atoms with van der Waals surface area (Å²) in [7, 11) is 0. The number of halogens is 6. The number of alkyl halides is 2. The number of likely N-dealkylation sites (tertiary alicyclic amines) is 1. The fraction of sp³-hybridized carbons (Fsp3) is 0.311. The zero-order valence-electron chi connectivity index (χ0n) is 46.3. The zero-order valence-corrected chi connectivity index (χ0v) is 47.9. The first kappa shape index (κ1) is 55.9. The predicted octanol–water partition coefficient (Wildman–Crippen LogP) is 11.4. The molecule has 10 heterocycles. The Kier molecular flexibility index (Phi) is 13.6. The Hall–Kier alpha value is -8.92. The van der Waals surface area contributed by atoms with Gasteiger partial charge in [-0.2, -0.15) is 10.5 Å². The second kappa shape index (κ2) is 21.2. The van der Waals surface area contributed by atoms with Crippen LogP contribution in [0.2, 0.25) is 0 Å². The van der Waals surface area contributed by atoms with Crippen LogP contribution in [0.3, 0.4) is 0 Å². The van der Waals surface area contributed by atoms with Gasteiger partial charge >= 0.3 is 12.2 Å². The van der Waals surface area contributed by atoms with Gasteiger partial charge in [0.25, 0.3) is 0 Å². The van der Waals surface area contributed by atoms with Crippen molar-refractivity contribution in [1.82, 2.24) is 30.2 Å². The van der Waals surface area contributed by atoms with Gasteiger partial charge in [-0.1, -0.05) is 42.5 Å². The number of ether oxygens (including phenoxy) is 4. The van der Waals surface area contributed by atoms with Gasteiger partial charge in [0.1, 0.15) is 93.7 Å². The summed E-state index contributed by atoms with van der Waals surface area (Å²) in [5, 5.41) is 27.1. The van der Waals surface area contributed by atoms with Crippen molar-refractivity contribution in [1.29, 1.82) is 10.5 Å². The monoisotopic (exact) mass is 1220 g/mol. The van der Waals surface area contributed by atoms with Crippen LogP contribution < -0.4 is 26.2 Å².